The molecule has 0 spiro atoms. The van der Waals surface area contributed by atoms with Crippen LogP contribution in [0.5, 0.6) is 11.5 Å². The zero-order valence-corrected chi connectivity index (χ0v) is 19.2. The number of thioether (sulfide) groups is 1. The van der Waals surface area contributed by atoms with Crippen LogP contribution in [0.2, 0.25) is 0 Å². The van der Waals surface area contributed by atoms with Crippen LogP contribution in [-0.2, 0) is 0 Å². The summed E-state index contributed by atoms with van der Waals surface area (Å²) in [4.78, 5) is 6.68. The fourth-order valence-corrected chi connectivity index (χ4v) is 3.33. The van der Waals surface area contributed by atoms with E-state index >= 15 is 0 Å². The summed E-state index contributed by atoms with van der Waals surface area (Å²) in [5.74, 6) is 3.68. The van der Waals surface area contributed by atoms with E-state index in [0.717, 1.165) is 55.6 Å². The van der Waals surface area contributed by atoms with Crippen molar-refractivity contribution in [2.45, 2.75) is 18.9 Å². The van der Waals surface area contributed by atoms with Gasteiger partial charge in [0, 0.05) is 56.6 Å². The summed E-state index contributed by atoms with van der Waals surface area (Å²) >= 11 is 1.87. The second-order valence-electron chi connectivity index (χ2n) is 5.99. The Labute approximate surface area is 178 Å². The van der Waals surface area contributed by atoms with Crippen LogP contribution in [0.15, 0.2) is 23.2 Å². The Morgan fingerprint density at radius 1 is 1.27 bits per heavy atom. The maximum absolute atomic E-state index is 5.38. The lowest BCUT2D eigenvalue weighted by Crippen LogP contribution is -2.44. The SMILES string of the molecule is CN=C(NCCCSC)NC1CCN(c2cc(OC)cc(OC)c2)C1.I. The first-order chi connectivity index (χ1) is 12.2. The van der Waals surface area contributed by atoms with Gasteiger partial charge in [-0.2, -0.15) is 11.8 Å². The third-order valence-corrected chi connectivity index (χ3v) is 4.97. The fourth-order valence-electron chi connectivity index (χ4n) is 2.90. The van der Waals surface area contributed by atoms with Gasteiger partial charge in [0.15, 0.2) is 5.96 Å². The number of halogens is 1. The van der Waals surface area contributed by atoms with Gasteiger partial charge in [-0.1, -0.05) is 0 Å². The molecule has 1 aromatic rings. The van der Waals surface area contributed by atoms with E-state index in [-0.39, 0.29) is 24.0 Å². The summed E-state index contributed by atoms with van der Waals surface area (Å²) in [6.45, 7) is 2.88. The van der Waals surface area contributed by atoms with Crippen LogP contribution in [0.3, 0.4) is 0 Å². The van der Waals surface area contributed by atoms with Gasteiger partial charge in [0.1, 0.15) is 11.5 Å². The van der Waals surface area contributed by atoms with Crippen molar-refractivity contribution in [1.82, 2.24) is 10.6 Å². The number of nitrogens with one attached hydrogen (secondary N) is 2. The van der Waals surface area contributed by atoms with E-state index in [2.05, 4.69) is 38.9 Å². The van der Waals surface area contributed by atoms with E-state index in [1.54, 1.807) is 14.2 Å². The molecule has 26 heavy (non-hydrogen) atoms. The molecule has 1 aromatic carbocycles. The monoisotopic (exact) mass is 494 g/mol. The summed E-state index contributed by atoms with van der Waals surface area (Å²) < 4.78 is 10.8. The highest BCUT2D eigenvalue weighted by Gasteiger charge is 2.24. The highest BCUT2D eigenvalue weighted by atomic mass is 127. The molecule has 6 nitrogen and oxygen atoms in total. The second-order valence-corrected chi connectivity index (χ2v) is 6.98. The lowest BCUT2D eigenvalue weighted by atomic mass is 10.2. The molecule has 1 fully saturated rings. The molecule has 148 valence electrons. The molecule has 0 aromatic heterocycles. The molecule has 1 heterocycles. The minimum absolute atomic E-state index is 0. The second kappa shape index (κ2) is 12.4. The van der Waals surface area contributed by atoms with Gasteiger partial charge in [-0.15, -0.1) is 24.0 Å². The van der Waals surface area contributed by atoms with Crippen molar-refractivity contribution in [1.29, 1.82) is 0 Å². The highest BCUT2D eigenvalue weighted by Crippen LogP contribution is 2.30. The van der Waals surface area contributed by atoms with Crippen molar-refractivity contribution >= 4 is 47.4 Å². The van der Waals surface area contributed by atoms with Gasteiger partial charge in [0.25, 0.3) is 0 Å². The molecule has 1 unspecified atom stereocenters. The van der Waals surface area contributed by atoms with Crippen molar-refractivity contribution in [3.05, 3.63) is 18.2 Å². The first-order valence-corrected chi connectivity index (χ1v) is 10.0. The number of ether oxygens (including phenoxy) is 2. The maximum atomic E-state index is 5.38. The normalized spacial score (nSPS) is 16.8. The van der Waals surface area contributed by atoms with Crippen LogP contribution in [0.25, 0.3) is 0 Å². The van der Waals surface area contributed by atoms with Gasteiger partial charge in [0.2, 0.25) is 0 Å². The molecule has 1 aliphatic rings. The summed E-state index contributed by atoms with van der Waals surface area (Å²) in [6, 6.07) is 6.39. The Kier molecular flexibility index (Phi) is 11.0. The van der Waals surface area contributed by atoms with E-state index in [0.29, 0.717) is 6.04 Å². The Morgan fingerprint density at radius 2 is 1.96 bits per heavy atom. The van der Waals surface area contributed by atoms with Crippen molar-refractivity contribution < 1.29 is 9.47 Å². The van der Waals surface area contributed by atoms with Gasteiger partial charge in [0.05, 0.1) is 14.2 Å². The molecule has 1 aliphatic heterocycles. The van der Waals surface area contributed by atoms with E-state index in [1.807, 2.05) is 24.9 Å². The first kappa shape index (κ1) is 23.0. The highest BCUT2D eigenvalue weighted by molar-refractivity contribution is 14.0. The Balaban J connectivity index is 0.00000338. The molecule has 0 aliphatic carbocycles. The average molecular weight is 494 g/mol. The number of rotatable bonds is 8. The van der Waals surface area contributed by atoms with Gasteiger partial charge < -0.3 is 25.0 Å². The lowest BCUT2D eigenvalue weighted by molar-refractivity contribution is 0.394. The summed E-state index contributed by atoms with van der Waals surface area (Å²) in [6.07, 6.45) is 4.35. The van der Waals surface area contributed by atoms with E-state index in [4.69, 9.17) is 9.47 Å². The molecule has 1 saturated heterocycles. The Morgan fingerprint density at radius 3 is 2.54 bits per heavy atom. The van der Waals surface area contributed by atoms with Gasteiger partial charge in [-0.05, 0) is 24.9 Å². The number of nitrogens with zero attached hydrogens (tertiary/aromatic N) is 2. The summed E-state index contributed by atoms with van der Waals surface area (Å²) in [5.41, 5.74) is 1.13. The molecule has 0 bridgehead atoms. The fraction of sp³-hybridized carbons (Fsp3) is 0.611. The number of hydrogen-bond acceptors (Lipinski definition) is 5. The average Bonchev–Trinajstić information content (AvgIpc) is 3.12. The number of benzene rings is 1. The van der Waals surface area contributed by atoms with Crippen molar-refractivity contribution in [2.75, 3.05) is 57.8 Å². The number of methoxy groups -OCH3 is 2. The molecule has 2 rings (SSSR count). The largest absolute Gasteiger partial charge is 0.497 e. The topological polar surface area (TPSA) is 58.1 Å². The van der Waals surface area contributed by atoms with Crippen LogP contribution >= 0.6 is 35.7 Å². The molecule has 2 N–H and O–H groups in total. The summed E-state index contributed by atoms with van der Waals surface area (Å²) in [5, 5.41) is 6.92. The van der Waals surface area contributed by atoms with Crippen molar-refractivity contribution in [3.8, 4) is 11.5 Å². The zero-order valence-electron chi connectivity index (χ0n) is 16.1. The van der Waals surface area contributed by atoms with Gasteiger partial charge >= 0.3 is 0 Å². The lowest BCUT2D eigenvalue weighted by Gasteiger charge is -2.21. The van der Waals surface area contributed by atoms with Crippen molar-refractivity contribution in [3.63, 3.8) is 0 Å². The van der Waals surface area contributed by atoms with Crippen LogP contribution in [-0.4, -0.2) is 64.9 Å². The minimum atomic E-state index is 0. The van der Waals surface area contributed by atoms with E-state index < -0.39 is 0 Å². The predicted molar refractivity (Wildman–Crippen MR) is 123 cm³/mol. The molecule has 0 radical (unpaired) electrons. The number of anilines is 1. The Hall–Kier alpha value is -1.03. The van der Waals surface area contributed by atoms with E-state index in [9.17, 15) is 0 Å². The molecular formula is C18H31IN4O2S. The van der Waals surface area contributed by atoms with Crippen LogP contribution in [0, 0.1) is 0 Å². The summed E-state index contributed by atoms with van der Waals surface area (Å²) in [7, 11) is 5.18. The molecule has 0 amide bonds. The number of guanidine groups is 1. The number of aliphatic imine (C=N–C) groups is 1. The third-order valence-electron chi connectivity index (χ3n) is 4.27. The zero-order chi connectivity index (χ0) is 18.1. The van der Waals surface area contributed by atoms with Gasteiger partial charge in [-0.3, -0.25) is 4.99 Å². The van der Waals surface area contributed by atoms with E-state index in [1.165, 1.54) is 5.75 Å². The molecule has 0 saturated carbocycles. The van der Waals surface area contributed by atoms with Crippen molar-refractivity contribution in [2.24, 2.45) is 4.99 Å². The Bertz CT molecular complexity index is 552. The molecular weight excluding hydrogens is 463 g/mol. The molecule has 1 atom stereocenters. The third kappa shape index (κ3) is 6.94. The van der Waals surface area contributed by atoms with Gasteiger partial charge in [-0.25, -0.2) is 0 Å². The smallest absolute Gasteiger partial charge is 0.191 e. The standard InChI is InChI=1S/C18H30N4O2S.HI/c1-19-18(20-7-5-9-25-4)21-14-6-8-22(13-14)15-10-16(23-2)12-17(11-15)24-3;/h10-12,14H,5-9,13H2,1-4H3,(H2,19,20,21);1H. The van der Waals surface area contributed by atoms with Crippen LogP contribution in [0.4, 0.5) is 5.69 Å². The number of hydrogen-bond donors (Lipinski definition) is 2. The maximum Gasteiger partial charge on any atom is 0.191 e. The van der Waals surface area contributed by atoms with Crippen LogP contribution in [0.1, 0.15) is 12.8 Å². The minimum Gasteiger partial charge on any atom is -0.497 e. The first-order valence-electron chi connectivity index (χ1n) is 8.64. The quantitative estimate of drug-likeness (QED) is 0.251. The van der Waals surface area contributed by atoms with Crippen LogP contribution < -0.4 is 25.0 Å². The predicted octanol–water partition coefficient (Wildman–Crippen LogP) is 2.82. The molecule has 8 heteroatoms.